The molecule has 4 aromatic carbocycles. The van der Waals surface area contributed by atoms with Crippen LogP contribution in [0.5, 0.6) is 0 Å². The molecule has 0 saturated heterocycles. The normalized spacial score (nSPS) is 11.6. The summed E-state index contributed by atoms with van der Waals surface area (Å²) < 4.78 is 19.7. The Hall–Kier alpha value is -4.22. The molecule has 3 heterocycles. The molecule has 0 bridgehead atoms. The van der Waals surface area contributed by atoms with E-state index in [1.54, 1.807) is 6.07 Å². The number of halogens is 1. The van der Waals surface area contributed by atoms with E-state index < -0.39 is 8.07 Å². The average molecular weight is 869 g/mol. The van der Waals surface area contributed by atoms with Crippen molar-refractivity contribution in [3.05, 3.63) is 138 Å². The Morgan fingerprint density at radius 3 is 2.20 bits per heavy atom. The van der Waals surface area contributed by atoms with Crippen molar-refractivity contribution in [3.63, 3.8) is 0 Å². The molecule has 51 heavy (non-hydrogen) atoms. The molecule has 0 fully saturated rings. The second-order valence-corrected chi connectivity index (χ2v) is 20.6. The van der Waals surface area contributed by atoms with Gasteiger partial charge in [-0.05, 0) is 89.6 Å². The SMILES string of the molecule is CC(C)(C)Cc1cc(-c2[c-]cccc2)ncc1[Si](C)(C)C.Cc1cc(C)c(-c2ccnc(-c3[c-]ccc4c3oc3cc(F)ccc34)c2)c(C)c1.[Ir]. The van der Waals surface area contributed by atoms with Crippen LogP contribution in [0.2, 0.25) is 19.6 Å². The summed E-state index contributed by atoms with van der Waals surface area (Å²) in [7, 11) is -1.37. The van der Waals surface area contributed by atoms with Gasteiger partial charge in [-0.15, -0.1) is 54.1 Å². The first-order valence-corrected chi connectivity index (χ1v) is 20.7. The van der Waals surface area contributed by atoms with Gasteiger partial charge >= 0.3 is 0 Å². The molecule has 0 aliphatic heterocycles. The molecule has 0 atom stereocenters. The van der Waals surface area contributed by atoms with Gasteiger partial charge in [0.05, 0.1) is 13.7 Å². The molecule has 0 amide bonds. The zero-order valence-electron chi connectivity index (χ0n) is 31.0. The molecular formula is C45H45FIrN2OSi-2. The zero-order valence-corrected chi connectivity index (χ0v) is 34.4. The second-order valence-electron chi connectivity index (χ2n) is 15.5. The fraction of sp³-hybridized carbons (Fsp3) is 0.244. The van der Waals surface area contributed by atoms with E-state index in [4.69, 9.17) is 9.40 Å². The quantitative estimate of drug-likeness (QED) is 0.128. The van der Waals surface area contributed by atoms with Gasteiger partial charge in [-0.1, -0.05) is 86.8 Å². The van der Waals surface area contributed by atoms with Gasteiger partial charge in [-0.3, -0.25) is 0 Å². The molecular weight excluding hydrogens is 824 g/mol. The summed E-state index contributed by atoms with van der Waals surface area (Å²) in [6, 6.07) is 33.8. The molecule has 7 rings (SSSR count). The molecule has 0 aliphatic carbocycles. The third kappa shape index (κ3) is 8.64. The monoisotopic (exact) mass is 869 g/mol. The molecule has 3 nitrogen and oxygen atoms in total. The van der Waals surface area contributed by atoms with Crippen LogP contribution in [0.3, 0.4) is 0 Å². The Balaban J connectivity index is 0.000000205. The molecule has 1 radical (unpaired) electrons. The Morgan fingerprint density at radius 2 is 1.53 bits per heavy atom. The molecule has 0 N–H and O–H groups in total. The van der Waals surface area contributed by atoms with E-state index in [0.717, 1.165) is 45.3 Å². The maximum atomic E-state index is 13.7. The van der Waals surface area contributed by atoms with Crippen molar-refractivity contribution in [2.75, 3.05) is 0 Å². The van der Waals surface area contributed by atoms with Crippen molar-refractivity contribution in [3.8, 4) is 33.6 Å². The summed E-state index contributed by atoms with van der Waals surface area (Å²) in [5.74, 6) is -0.312. The van der Waals surface area contributed by atoms with Gasteiger partial charge in [0.25, 0.3) is 0 Å². The number of hydrogen-bond donors (Lipinski definition) is 0. The average Bonchev–Trinajstić information content (AvgIpc) is 3.41. The van der Waals surface area contributed by atoms with E-state index >= 15 is 0 Å². The van der Waals surface area contributed by atoms with Crippen LogP contribution in [0.15, 0.2) is 102 Å². The number of aryl methyl sites for hydroxylation is 3. The summed E-state index contributed by atoms with van der Waals surface area (Å²) in [6.45, 7) is 20.5. The van der Waals surface area contributed by atoms with Crippen LogP contribution in [0.25, 0.3) is 55.6 Å². The number of fused-ring (bicyclic) bond motifs is 3. The molecule has 0 spiro atoms. The van der Waals surface area contributed by atoms with E-state index in [0.29, 0.717) is 11.2 Å². The Bertz CT molecular complexity index is 2290. The van der Waals surface area contributed by atoms with Crippen LogP contribution in [0, 0.1) is 44.1 Å². The smallest absolute Gasteiger partial charge is 0.126 e. The summed E-state index contributed by atoms with van der Waals surface area (Å²) in [6.07, 6.45) is 5.02. The minimum Gasteiger partial charge on any atom is -0.500 e. The van der Waals surface area contributed by atoms with E-state index in [1.807, 2.05) is 42.6 Å². The number of furan rings is 1. The van der Waals surface area contributed by atoms with Crippen LogP contribution >= 0.6 is 0 Å². The van der Waals surface area contributed by atoms with Crippen molar-refractivity contribution >= 4 is 35.2 Å². The number of rotatable bonds is 5. The molecule has 7 aromatic rings. The Morgan fingerprint density at radius 1 is 0.784 bits per heavy atom. The molecule has 0 saturated carbocycles. The third-order valence-corrected chi connectivity index (χ3v) is 10.9. The fourth-order valence-electron chi connectivity index (χ4n) is 6.85. The van der Waals surface area contributed by atoms with Crippen molar-refractivity contribution in [1.29, 1.82) is 0 Å². The van der Waals surface area contributed by atoms with Crippen LogP contribution in [-0.2, 0) is 26.5 Å². The first kappa shape index (κ1) is 38.0. The summed E-state index contributed by atoms with van der Waals surface area (Å²) >= 11 is 0. The first-order chi connectivity index (χ1) is 23.7. The fourth-order valence-corrected chi connectivity index (χ4v) is 8.43. The van der Waals surface area contributed by atoms with Gasteiger partial charge in [0.15, 0.2) is 0 Å². The van der Waals surface area contributed by atoms with E-state index in [-0.39, 0.29) is 31.3 Å². The largest absolute Gasteiger partial charge is 0.500 e. The van der Waals surface area contributed by atoms with Gasteiger partial charge in [-0.2, -0.15) is 0 Å². The minimum absolute atomic E-state index is 0. The molecule has 0 unspecified atom stereocenters. The number of nitrogens with zero attached hydrogens (tertiary/aromatic N) is 2. The summed E-state index contributed by atoms with van der Waals surface area (Å²) in [4.78, 5) is 9.29. The van der Waals surface area contributed by atoms with Crippen LogP contribution < -0.4 is 5.19 Å². The first-order valence-electron chi connectivity index (χ1n) is 17.2. The minimum atomic E-state index is -1.37. The standard InChI is InChI=1S/C26H19FNO.C19H26NSi.Ir/c1-15-11-16(2)25(17(3)12-15)18-9-10-28-23(13-18)22-6-4-5-21-20-8-7-19(27)14-24(20)29-26(21)22;1-19(2,3)13-16-12-17(15-10-8-7-9-11-15)20-14-18(16)21(4,5)6;/h4-5,7-14H,1-3H3;7-10,12,14H,13H2,1-6H3;/q2*-1;. The summed E-state index contributed by atoms with van der Waals surface area (Å²) in [5, 5.41) is 3.30. The molecule has 3 aromatic heterocycles. The topological polar surface area (TPSA) is 38.9 Å². The van der Waals surface area contributed by atoms with Crippen LogP contribution in [0.1, 0.15) is 43.0 Å². The third-order valence-electron chi connectivity index (χ3n) is 8.88. The van der Waals surface area contributed by atoms with E-state index in [2.05, 4.69) is 115 Å². The van der Waals surface area contributed by atoms with Crippen molar-refractivity contribution in [1.82, 2.24) is 9.97 Å². The molecule has 6 heteroatoms. The van der Waals surface area contributed by atoms with Gasteiger partial charge < -0.3 is 14.4 Å². The maximum absolute atomic E-state index is 13.7. The van der Waals surface area contributed by atoms with Crippen molar-refractivity contribution < 1.29 is 28.9 Å². The zero-order chi connectivity index (χ0) is 35.8. The van der Waals surface area contributed by atoms with E-state index in [9.17, 15) is 4.39 Å². The second kappa shape index (κ2) is 15.2. The predicted octanol–water partition coefficient (Wildman–Crippen LogP) is 11.9. The number of hydrogen-bond acceptors (Lipinski definition) is 3. The van der Waals surface area contributed by atoms with Gasteiger partial charge in [0.1, 0.15) is 11.4 Å². The van der Waals surface area contributed by atoms with Crippen LogP contribution in [-0.4, -0.2) is 18.0 Å². The molecule has 263 valence electrons. The maximum Gasteiger partial charge on any atom is 0.126 e. The van der Waals surface area contributed by atoms with Crippen LogP contribution in [0.4, 0.5) is 4.39 Å². The summed E-state index contributed by atoms with van der Waals surface area (Å²) in [5.41, 5.74) is 12.7. The van der Waals surface area contributed by atoms with Gasteiger partial charge in [0.2, 0.25) is 0 Å². The number of aromatic nitrogens is 2. The number of benzene rings is 4. The Labute approximate surface area is 316 Å². The van der Waals surface area contributed by atoms with Gasteiger partial charge in [0, 0.05) is 44.0 Å². The Kier molecular flexibility index (Phi) is 11.3. The number of pyridine rings is 2. The molecule has 0 aliphatic rings. The van der Waals surface area contributed by atoms with Gasteiger partial charge in [-0.25, -0.2) is 4.39 Å². The van der Waals surface area contributed by atoms with Crippen molar-refractivity contribution in [2.45, 2.75) is 67.6 Å². The predicted molar refractivity (Wildman–Crippen MR) is 210 cm³/mol. The van der Waals surface area contributed by atoms with E-state index in [1.165, 1.54) is 45.1 Å². The van der Waals surface area contributed by atoms with Crippen molar-refractivity contribution in [2.24, 2.45) is 5.41 Å².